The molecule has 0 spiro atoms. The Labute approximate surface area is 188 Å². The van der Waals surface area contributed by atoms with Crippen molar-refractivity contribution in [1.82, 2.24) is 10.6 Å². The van der Waals surface area contributed by atoms with E-state index in [0.717, 1.165) is 18.4 Å². The quantitative estimate of drug-likeness (QED) is 0.491. The zero-order valence-corrected chi connectivity index (χ0v) is 18.6. The monoisotopic (exact) mass is 441 g/mol. The van der Waals surface area contributed by atoms with Crippen molar-refractivity contribution in [3.05, 3.63) is 54.1 Å². The molecule has 172 valence electrons. The fourth-order valence-electron chi connectivity index (χ4n) is 3.78. The van der Waals surface area contributed by atoms with Crippen molar-refractivity contribution in [2.75, 3.05) is 32.8 Å². The van der Waals surface area contributed by atoms with Crippen LogP contribution in [0.3, 0.4) is 0 Å². The highest BCUT2D eigenvalue weighted by molar-refractivity contribution is 6.00. The number of methoxy groups -OCH3 is 2. The first kappa shape index (κ1) is 23.4. The van der Waals surface area contributed by atoms with Crippen molar-refractivity contribution in [1.29, 1.82) is 0 Å². The highest BCUT2D eigenvalue weighted by Crippen LogP contribution is 2.33. The average Bonchev–Trinajstić information content (AvgIpc) is 3.28. The van der Waals surface area contributed by atoms with E-state index in [0.29, 0.717) is 49.8 Å². The molecule has 1 fully saturated rings. The molecule has 3 amide bonds. The van der Waals surface area contributed by atoms with Gasteiger partial charge in [0, 0.05) is 25.4 Å². The topological polar surface area (TPSA) is 97.9 Å². The second kappa shape index (κ2) is 11.4. The van der Waals surface area contributed by atoms with E-state index >= 15 is 0 Å². The van der Waals surface area contributed by atoms with Crippen LogP contribution in [0, 0.1) is 0 Å². The number of ether oxygens (including phenoxy) is 3. The lowest BCUT2D eigenvalue weighted by atomic mass is 9.96. The van der Waals surface area contributed by atoms with Gasteiger partial charge in [0.05, 0.1) is 13.7 Å². The van der Waals surface area contributed by atoms with Crippen LogP contribution in [-0.2, 0) is 16.1 Å². The molecule has 1 saturated carbocycles. The van der Waals surface area contributed by atoms with Gasteiger partial charge in [-0.25, -0.2) is 4.79 Å². The molecule has 3 rings (SSSR count). The lowest BCUT2D eigenvalue weighted by Gasteiger charge is -2.29. The molecule has 1 aliphatic carbocycles. The predicted molar refractivity (Wildman–Crippen MR) is 122 cm³/mol. The van der Waals surface area contributed by atoms with Gasteiger partial charge < -0.3 is 30.2 Å². The molecule has 0 radical (unpaired) electrons. The van der Waals surface area contributed by atoms with Gasteiger partial charge in [0.1, 0.15) is 12.1 Å². The molecule has 0 unspecified atom stereocenters. The maximum Gasteiger partial charge on any atom is 0.315 e. The van der Waals surface area contributed by atoms with Gasteiger partial charge >= 0.3 is 6.03 Å². The first-order chi connectivity index (χ1) is 15.6. The van der Waals surface area contributed by atoms with Crippen LogP contribution in [0.1, 0.15) is 31.2 Å². The van der Waals surface area contributed by atoms with Gasteiger partial charge in [0.2, 0.25) is 5.91 Å². The number of nitrogens with one attached hydrogen (secondary N) is 3. The molecular formula is C24H31N3O5. The van der Waals surface area contributed by atoms with Crippen LogP contribution in [0.25, 0.3) is 0 Å². The van der Waals surface area contributed by atoms with Crippen molar-refractivity contribution in [2.45, 2.75) is 37.8 Å². The fourth-order valence-corrected chi connectivity index (χ4v) is 3.78. The maximum absolute atomic E-state index is 13.2. The molecular weight excluding hydrogens is 410 g/mol. The lowest BCUT2D eigenvalue weighted by Crippen LogP contribution is -2.57. The summed E-state index contributed by atoms with van der Waals surface area (Å²) < 4.78 is 16.0. The molecule has 1 aliphatic rings. The van der Waals surface area contributed by atoms with Gasteiger partial charge in [-0.05, 0) is 30.5 Å². The third-order valence-electron chi connectivity index (χ3n) is 5.51. The number of hydrogen-bond donors (Lipinski definition) is 3. The van der Waals surface area contributed by atoms with E-state index in [1.54, 1.807) is 32.4 Å². The second-order valence-electron chi connectivity index (χ2n) is 7.74. The molecule has 0 heterocycles. The van der Waals surface area contributed by atoms with E-state index in [2.05, 4.69) is 16.0 Å². The summed E-state index contributed by atoms with van der Waals surface area (Å²) in [5.74, 6) is 0.836. The van der Waals surface area contributed by atoms with E-state index in [9.17, 15) is 9.59 Å². The van der Waals surface area contributed by atoms with Crippen LogP contribution in [0.4, 0.5) is 10.5 Å². The summed E-state index contributed by atoms with van der Waals surface area (Å²) >= 11 is 0. The molecule has 2 aromatic carbocycles. The summed E-state index contributed by atoms with van der Waals surface area (Å²) in [5, 5.41) is 8.71. The van der Waals surface area contributed by atoms with Gasteiger partial charge in [-0.2, -0.15) is 0 Å². The minimum Gasteiger partial charge on any atom is -0.493 e. The van der Waals surface area contributed by atoms with Crippen molar-refractivity contribution >= 4 is 17.6 Å². The van der Waals surface area contributed by atoms with Gasteiger partial charge in [0.25, 0.3) is 0 Å². The van der Waals surface area contributed by atoms with Crippen LogP contribution < -0.4 is 25.4 Å². The highest BCUT2D eigenvalue weighted by Gasteiger charge is 2.42. The molecule has 0 aliphatic heterocycles. The van der Waals surface area contributed by atoms with E-state index in [1.165, 1.54) is 0 Å². The summed E-state index contributed by atoms with van der Waals surface area (Å²) in [6, 6.07) is 14.5. The molecule has 0 atom stereocenters. The molecule has 2 aromatic rings. The standard InChI is InChI=1S/C24H31N3O5/c1-30-14-15-32-21-16-19(10-11-20(21)31-2)26-22(28)24(12-6-7-13-24)27-23(29)25-17-18-8-4-3-5-9-18/h3-5,8-11,16H,6-7,12-15,17H2,1-2H3,(H,26,28)(H2,25,27,29). The van der Waals surface area contributed by atoms with Crippen LogP contribution in [0.2, 0.25) is 0 Å². The summed E-state index contributed by atoms with van der Waals surface area (Å²) in [5.41, 5.74) is 0.616. The third-order valence-corrected chi connectivity index (χ3v) is 5.51. The molecule has 3 N–H and O–H groups in total. The van der Waals surface area contributed by atoms with E-state index < -0.39 is 5.54 Å². The Morgan fingerprint density at radius 2 is 1.72 bits per heavy atom. The largest absolute Gasteiger partial charge is 0.493 e. The number of anilines is 1. The highest BCUT2D eigenvalue weighted by atomic mass is 16.5. The second-order valence-corrected chi connectivity index (χ2v) is 7.74. The SMILES string of the molecule is COCCOc1cc(NC(=O)C2(NC(=O)NCc3ccccc3)CCCC2)ccc1OC. The van der Waals surface area contributed by atoms with Crippen molar-refractivity contribution in [2.24, 2.45) is 0 Å². The minimum atomic E-state index is -0.947. The first-order valence-corrected chi connectivity index (χ1v) is 10.8. The van der Waals surface area contributed by atoms with E-state index in [-0.39, 0.29) is 11.9 Å². The van der Waals surface area contributed by atoms with Gasteiger partial charge in [0.15, 0.2) is 11.5 Å². The van der Waals surface area contributed by atoms with E-state index in [1.807, 2.05) is 30.3 Å². The van der Waals surface area contributed by atoms with E-state index in [4.69, 9.17) is 14.2 Å². The van der Waals surface area contributed by atoms with Crippen molar-refractivity contribution < 1.29 is 23.8 Å². The Hall–Kier alpha value is -3.26. The summed E-state index contributed by atoms with van der Waals surface area (Å²) in [4.78, 5) is 25.8. The van der Waals surface area contributed by atoms with Crippen LogP contribution >= 0.6 is 0 Å². The number of hydrogen-bond acceptors (Lipinski definition) is 5. The molecule has 0 bridgehead atoms. The number of carbonyl (C=O) groups is 2. The molecule has 8 heteroatoms. The van der Waals surface area contributed by atoms with Gasteiger partial charge in [-0.3, -0.25) is 4.79 Å². The normalized spacial score (nSPS) is 14.4. The number of amides is 3. The number of benzene rings is 2. The number of carbonyl (C=O) groups excluding carboxylic acids is 2. The first-order valence-electron chi connectivity index (χ1n) is 10.8. The summed E-state index contributed by atoms with van der Waals surface area (Å²) in [6.07, 6.45) is 2.93. The smallest absolute Gasteiger partial charge is 0.315 e. The van der Waals surface area contributed by atoms with Crippen LogP contribution in [0.5, 0.6) is 11.5 Å². The van der Waals surface area contributed by atoms with Crippen molar-refractivity contribution in [3.63, 3.8) is 0 Å². The zero-order valence-electron chi connectivity index (χ0n) is 18.6. The Kier molecular flexibility index (Phi) is 8.33. The molecule has 32 heavy (non-hydrogen) atoms. The molecule has 8 nitrogen and oxygen atoms in total. The predicted octanol–water partition coefficient (Wildman–Crippen LogP) is 3.47. The number of urea groups is 1. The minimum absolute atomic E-state index is 0.238. The summed E-state index contributed by atoms with van der Waals surface area (Å²) in [7, 11) is 3.16. The Morgan fingerprint density at radius 1 is 0.969 bits per heavy atom. The Bertz CT molecular complexity index is 898. The molecule has 0 aromatic heterocycles. The Morgan fingerprint density at radius 3 is 2.41 bits per heavy atom. The van der Waals surface area contributed by atoms with Crippen LogP contribution in [0.15, 0.2) is 48.5 Å². The molecule has 0 saturated heterocycles. The lowest BCUT2D eigenvalue weighted by molar-refractivity contribution is -0.121. The average molecular weight is 442 g/mol. The van der Waals surface area contributed by atoms with Crippen LogP contribution in [-0.4, -0.2) is 44.9 Å². The Balaban J connectivity index is 1.65. The van der Waals surface area contributed by atoms with Gasteiger partial charge in [-0.15, -0.1) is 0 Å². The summed E-state index contributed by atoms with van der Waals surface area (Å²) in [6.45, 7) is 1.19. The third kappa shape index (κ3) is 6.13. The van der Waals surface area contributed by atoms with Gasteiger partial charge in [-0.1, -0.05) is 43.2 Å². The maximum atomic E-state index is 13.2. The van der Waals surface area contributed by atoms with Crippen molar-refractivity contribution in [3.8, 4) is 11.5 Å². The number of rotatable bonds is 10. The zero-order chi connectivity index (χ0) is 22.8. The fraction of sp³-hybridized carbons (Fsp3) is 0.417.